The first-order valence-electron chi connectivity index (χ1n) is 31.7. The molecule has 1 rings (SSSR count). The summed E-state index contributed by atoms with van der Waals surface area (Å²) in [4.78, 5) is 13.2. The van der Waals surface area contributed by atoms with E-state index >= 15 is 0 Å². The van der Waals surface area contributed by atoms with Gasteiger partial charge in [-0.1, -0.05) is 276 Å². The Hall–Kier alpha value is -1.41. The summed E-state index contributed by atoms with van der Waals surface area (Å²) < 4.78 is 11.2. The molecule has 74 heavy (non-hydrogen) atoms. The molecular formula is C63H121NO10. The van der Waals surface area contributed by atoms with E-state index in [4.69, 9.17) is 9.47 Å². The second-order valence-corrected chi connectivity index (χ2v) is 22.5. The Morgan fingerprint density at radius 1 is 0.459 bits per heavy atom. The zero-order valence-corrected chi connectivity index (χ0v) is 48.1. The van der Waals surface area contributed by atoms with E-state index < -0.39 is 74.2 Å². The lowest BCUT2D eigenvalue weighted by Gasteiger charge is -2.40. The number of aliphatic hydroxyl groups excluding tert-OH is 7. The van der Waals surface area contributed by atoms with Gasteiger partial charge >= 0.3 is 0 Å². The number of carbonyl (C=O) groups excluding carboxylic acids is 1. The SMILES string of the molecule is CCCCCCCCCCCCCCCCCC/C=C/CC/C=C/CCCC(O)C(O)C(COC1OC(CO)C(O)C(O)C1O)NC(=O)C(O)CCCCCCCCCCCCCCCCCCCCCCCC. The number of amides is 1. The Balaban J connectivity index is 2.29. The number of allylic oxidation sites excluding steroid dienone is 4. The number of ether oxygens (including phenoxy) is 2. The number of hydrogen-bond acceptors (Lipinski definition) is 10. The third kappa shape index (κ3) is 39.9. The predicted octanol–water partition coefficient (Wildman–Crippen LogP) is 14.1. The van der Waals surface area contributed by atoms with Gasteiger partial charge in [-0.3, -0.25) is 4.79 Å². The van der Waals surface area contributed by atoms with Crippen molar-refractivity contribution in [2.24, 2.45) is 0 Å². The summed E-state index contributed by atoms with van der Waals surface area (Å²) in [5, 5.41) is 76.3. The summed E-state index contributed by atoms with van der Waals surface area (Å²) in [7, 11) is 0. The Morgan fingerprint density at radius 3 is 1.20 bits per heavy atom. The van der Waals surface area contributed by atoms with Crippen LogP contribution in [0, 0.1) is 0 Å². The summed E-state index contributed by atoms with van der Waals surface area (Å²) in [5.41, 5.74) is 0. The first-order chi connectivity index (χ1) is 36.2. The van der Waals surface area contributed by atoms with Crippen LogP contribution in [0.15, 0.2) is 24.3 Å². The molecule has 0 aliphatic carbocycles. The van der Waals surface area contributed by atoms with Crippen molar-refractivity contribution in [1.82, 2.24) is 5.32 Å². The topological polar surface area (TPSA) is 189 Å². The van der Waals surface area contributed by atoms with Gasteiger partial charge in [-0.15, -0.1) is 0 Å². The standard InChI is InChI=1S/C63H121NO10/c1-3-5-7-9-11-13-15-17-19-21-23-25-27-28-29-31-32-34-36-38-40-42-44-46-48-50-55(66)58(68)54(53-73-63-61(71)60(70)59(69)57(52-65)74-63)64-62(72)56(67)51-49-47-45-43-41-39-37-35-33-30-26-24-22-20-18-16-14-12-10-8-6-4-2/h34,36,42,44,54-61,63,65-71H,3-33,35,37-41,43,45-53H2,1-2H3,(H,64,72)/b36-34+,44-42+. The monoisotopic (exact) mass is 1050 g/mol. The van der Waals surface area contributed by atoms with Crippen molar-refractivity contribution >= 4 is 5.91 Å². The Bertz CT molecular complexity index is 1250. The molecule has 0 spiro atoms. The maximum Gasteiger partial charge on any atom is 0.249 e. The molecule has 0 aromatic carbocycles. The highest BCUT2D eigenvalue weighted by molar-refractivity contribution is 5.80. The van der Waals surface area contributed by atoms with Crippen LogP contribution in [0.2, 0.25) is 0 Å². The van der Waals surface area contributed by atoms with Crippen molar-refractivity contribution in [3.05, 3.63) is 24.3 Å². The maximum absolute atomic E-state index is 13.2. The molecule has 8 N–H and O–H groups in total. The molecule has 0 aromatic rings. The van der Waals surface area contributed by atoms with E-state index in [0.29, 0.717) is 19.3 Å². The van der Waals surface area contributed by atoms with Crippen LogP contribution < -0.4 is 5.32 Å². The zero-order valence-electron chi connectivity index (χ0n) is 48.1. The minimum absolute atomic E-state index is 0.249. The van der Waals surface area contributed by atoms with Gasteiger partial charge in [0.2, 0.25) is 5.91 Å². The van der Waals surface area contributed by atoms with E-state index in [-0.39, 0.29) is 12.8 Å². The fraction of sp³-hybridized carbons (Fsp3) is 0.921. The van der Waals surface area contributed by atoms with Crippen molar-refractivity contribution in [2.45, 2.75) is 358 Å². The fourth-order valence-electron chi connectivity index (χ4n) is 10.3. The third-order valence-corrected chi connectivity index (χ3v) is 15.5. The minimum atomic E-state index is -1.67. The van der Waals surface area contributed by atoms with Gasteiger partial charge in [0.05, 0.1) is 25.4 Å². The molecule has 11 heteroatoms. The van der Waals surface area contributed by atoms with E-state index in [1.165, 1.54) is 218 Å². The highest BCUT2D eigenvalue weighted by atomic mass is 16.7. The molecule has 0 saturated carbocycles. The van der Waals surface area contributed by atoms with Gasteiger partial charge in [0.1, 0.15) is 36.6 Å². The number of nitrogens with one attached hydrogen (secondary N) is 1. The van der Waals surface area contributed by atoms with Crippen molar-refractivity contribution < 1.29 is 50.0 Å². The highest BCUT2D eigenvalue weighted by Gasteiger charge is 2.44. The van der Waals surface area contributed by atoms with Gasteiger partial charge in [-0.25, -0.2) is 0 Å². The second-order valence-electron chi connectivity index (χ2n) is 22.5. The van der Waals surface area contributed by atoms with Crippen LogP contribution >= 0.6 is 0 Å². The Kier molecular flexibility index (Phi) is 49.9. The van der Waals surface area contributed by atoms with Crippen molar-refractivity contribution in [1.29, 1.82) is 0 Å². The third-order valence-electron chi connectivity index (χ3n) is 15.5. The molecule has 11 nitrogen and oxygen atoms in total. The van der Waals surface area contributed by atoms with Crippen LogP contribution in [0.4, 0.5) is 0 Å². The molecule has 0 aromatic heterocycles. The lowest BCUT2D eigenvalue weighted by Crippen LogP contribution is -2.60. The molecule has 1 saturated heterocycles. The van der Waals surface area contributed by atoms with E-state index in [1.807, 2.05) is 0 Å². The number of carbonyl (C=O) groups is 1. The van der Waals surface area contributed by atoms with Gasteiger partial charge in [-0.2, -0.15) is 0 Å². The van der Waals surface area contributed by atoms with Crippen LogP contribution in [-0.2, 0) is 14.3 Å². The molecule has 9 atom stereocenters. The van der Waals surface area contributed by atoms with Crippen LogP contribution in [0.3, 0.4) is 0 Å². The normalized spacial score (nSPS) is 19.9. The second kappa shape index (κ2) is 52.3. The molecule has 1 aliphatic rings. The van der Waals surface area contributed by atoms with Gasteiger partial charge in [0.15, 0.2) is 6.29 Å². The van der Waals surface area contributed by atoms with Crippen molar-refractivity contribution in [3.8, 4) is 0 Å². The van der Waals surface area contributed by atoms with Gasteiger partial charge in [0, 0.05) is 0 Å². The van der Waals surface area contributed by atoms with Crippen molar-refractivity contribution in [3.63, 3.8) is 0 Å². The first-order valence-corrected chi connectivity index (χ1v) is 31.7. The molecule has 0 bridgehead atoms. The average molecular weight is 1050 g/mol. The van der Waals surface area contributed by atoms with Gasteiger partial charge in [-0.05, 0) is 51.4 Å². The summed E-state index contributed by atoms with van der Waals surface area (Å²) >= 11 is 0. The highest BCUT2D eigenvalue weighted by Crippen LogP contribution is 2.24. The van der Waals surface area contributed by atoms with Crippen LogP contribution in [-0.4, -0.2) is 110 Å². The van der Waals surface area contributed by atoms with Crippen molar-refractivity contribution in [2.75, 3.05) is 13.2 Å². The van der Waals surface area contributed by atoms with Crippen LogP contribution in [0.25, 0.3) is 0 Å². The largest absolute Gasteiger partial charge is 0.394 e. The molecule has 9 unspecified atom stereocenters. The molecule has 1 heterocycles. The molecule has 1 amide bonds. The maximum atomic E-state index is 13.2. The molecule has 438 valence electrons. The fourth-order valence-corrected chi connectivity index (χ4v) is 10.3. The van der Waals surface area contributed by atoms with E-state index in [9.17, 15) is 40.5 Å². The van der Waals surface area contributed by atoms with E-state index in [1.54, 1.807) is 0 Å². The van der Waals surface area contributed by atoms with Gasteiger partial charge in [0.25, 0.3) is 0 Å². The number of rotatable bonds is 55. The Labute approximate surface area is 454 Å². The predicted molar refractivity (Wildman–Crippen MR) is 307 cm³/mol. The van der Waals surface area contributed by atoms with E-state index in [2.05, 4.69) is 43.5 Å². The minimum Gasteiger partial charge on any atom is -0.394 e. The molecular weight excluding hydrogens is 931 g/mol. The first kappa shape index (κ1) is 70.6. The van der Waals surface area contributed by atoms with Gasteiger partial charge < -0.3 is 50.5 Å². The molecule has 1 aliphatic heterocycles. The lowest BCUT2D eigenvalue weighted by atomic mass is 9.98. The number of aliphatic hydroxyl groups is 7. The number of unbranched alkanes of at least 4 members (excludes halogenated alkanes) is 39. The summed E-state index contributed by atoms with van der Waals surface area (Å²) in [6.07, 6.45) is 52.4. The summed E-state index contributed by atoms with van der Waals surface area (Å²) in [5.74, 6) is -0.704. The smallest absolute Gasteiger partial charge is 0.249 e. The van der Waals surface area contributed by atoms with Crippen LogP contribution in [0.1, 0.15) is 303 Å². The average Bonchev–Trinajstić information content (AvgIpc) is 3.40. The summed E-state index contributed by atoms with van der Waals surface area (Å²) in [6.45, 7) is 3.48. The quantitative estimate of drug-likeness (QED) is 0.0215. The van der Waals surface area contributed by atoms with Crippen LogP contribution in [0.5, 0.6) is 0 Å². The zero-order chi connectivity index (χ0) is 54.0. The molecule has 1 fully saturated rings. The summed E-state index contributed by atoms with van der Waals surface area (Å²) in [6, 6.07) is -1.19. The number of hydrogen-bond donors (Lipinski definition) is 8. The molecule has 0 radical (unpaired) electrons. The lowest BCUT2D eigenvalue weighted by molar-refractivity contribution is -0.303. The Morgan fingerprint density at radius 2 is 0.811 bits per heavy atom. The van der Waals surface area contributed by atoms with E-state index in [0.717, 1.165) is 38.5 Å².